The maximum Gasteiger partial charge on any atom is 0.232 e. The van der Waals surface area contributed by atoms with Gasteiger partial charge in [-0.3, -0.25) is 0 Å². The fraction of sp³-hybridized carbons (Fsp3) is 0.111. The van der Waals surface area contributed by atoms with Crippen LogP contribution in [0.15, 0.2) is 18.2 Å². The summed E-state index contributed by atoms with van der Waals surface area (Å²) in [4.78, 5) is 3.93. The molecule has 0 amide bonds. The number of benzene rings is 1. The monoisotopic (exact) mass is 209 g/mol. The number of nitrogens with zero attached hydrogens (tertiary/aromatic N) is 2. The Morgan fingerprint density at radius 3 is 2.86 bits per heavy atom. The fourth-order valence-electron chi connectivity index (χ4n) is 1.15. The largest absolute Gasteiger partial charge is 0.367 e. The predicted molar refractivity (Wildman–Crippen MR) is 54.5 cm³/mol. The summed E-state index contributed by atoms with van der Waals surface area (Å²) >= 11 is 1.10. The molecule has 0 saturated carbocycles. The van der Waals surface area contributed by atoms with Crippen LogP contribution in [-0.2, 0) is 0 Å². The molecule has 2 aromatic rings. The number of hydrogen-bond acceptors (Lipinski definition) is 4. The van der Waals surface area contributed by atoms with Crippen LogP contribution in [0.2, 0.25) is 0 Å². The first-order valence-electron chi connectivity index (χ1n) is 4.02. The minimum absolute atomic E-state index is 0.186. The molecule has 0 fully saturated rings. The number of aryl methyl sites for hydroxylation is 1. The smallest absolute Gasteiger partial charge is 0.232 e. The SMILES string of the molecule is Cc1ccc(F)c(-c2nc(N)ns2)c1. The predicted octanol–water partition coefficient (Wildman–Crippen LogP) is 2.23. The van der Waals surface area contributed by atoms with E-state index < -0.39 is 0 Å². The molecule has 1 aromatic carbocycles. The summed E-state index contributed by atoms with van der Waals surface area (Å²) in [6.45, 7) is 1.90. The van der Waals surface area contributed by atoms with Crippen molar-refractivity contribution < 1.29 is 4.39 Å². The lowest BCUT2D eigenvalue weighted by molar-refractivity contribution is 0.631. The van der Waals surface area contributed by atoms with Gasteiger partial charge in [0.2, 0.25) is 5.95 Å². The van der Waals surface area contributed by atoms with E-state index in [1.807, 2.05) is 6.92 Å². The minimum Gasteiger partial charge on any atom is -0.367 e. The highest BCUT2D eigenvalue weighted by Crippen LogP contribution is 2.25. The van der Waals surface area contributed by atoms with Crippen molar-refractivity contribution in [2.45, 2.75) is 6.92 Å². The number of nitrogen functional groups attached to an aromatic ring is 1. The van der Waals surface area contributed by atoms with Crippen molar-refractivity contribution in [3.63, 3.8) is 0 Å². The van der Waals surface area contributed by atoms with Crippen molar-refractivity contribution >= 4 is 17.5 Å². The molecule has 3 nitrogen and oxygen atoms in total. The van der Waals surface area contributed by atoms with Gasteiger partial charge in [0, 0.05) is 5.56 Å². The second-order valence-electron chi connectivity index (χ2n) is 2.94. The average Bonchev–Trinajstić information content (AvgIpc) is 2.56. The molecule has 72 valence electrons. The highest BCUT2D eigenvalue weighted by atomic mass is 32.1. The molecular formula is C9H8FN3S. The molecule has 0 atom stereocenters. The standard InChI is InChI=1S/C9H8FN3S/c1-5-2-3-7(10)6(4-5)8-12-9(11)13-14-8/h2-4H,1H3,(H2,11,13). The van der Waals surface area contributed by atoms with Crippen LogP contribution in [-0.4, -0.2) is 9.36 Å². The third-order valence-electron chi connectivity index (χ3n) is 1.79. The van der Waals surface area contributed by atoms with E-state index in [0.717, 1.165) is 17.1 Å². The van der Waals surface area contributed by atoms with Gasteiger partial charge in [-0.1, -0.05) is 11.6 Å². The van der Waals surface area contributed by atoms with Gasteiger partial charge in [0.1, 0.15) is 10.8 Å². The zero-order chi connectivity index (χ0) is 10.1. The van der Waals surface area contributed by atoms with Crippen molar-refractivity contribution in [1.82, 2.24) is 9.36 Å². The third-order valence-corrected chi connectivity index (χ3v) is 2.56. The zero-order valence-corrected chi connectivity index (χ0v) is 8.31. The molecule has 14 heavy (non-hydrogen) atoms. The Labute approximate surface area is 84.6 Å². The lowest BCUT2D eigenvalue weighted by Crippen LogP contribution is -1.88. The molecule has 0 aliphatic rings. The first-order valence-corrected chi connectivity index (χ1v) is 4.80. The summed E-state index contributed by atoms with van der Waals surface area (Å²) in [5, 5.41) is 0.517. The van der Waals surface area contributed by atoms with Crippen LogP contribution in [0.1, 0.15) is 5.56 Å². The van der Waals surface area contributed by atoms with Crippen LogP contribution in [0.3, 0.4) is 0 Å². The normalized spacial score (nSPS) is 10.4. The molecule has 0 radical (unpaired) electrons. The van der Waals surface area contributed by atoms with E-state index in [9.17, 15) is 4.39 Å². The fourth-order valence-corrected chi connectivity index (χ4v) is 1.76. The van der Waals surface area contributed by atoms with E-state index in [4.69, 9.17) is 5.73 Å². The molecule has 0 unspecified atom stereocenters. The van der Waals surface area contributed by atoms with Gasteiger partial charge < -0.3 is 5.73 Å². The van der Waals surface area contributed by atoms with Crippen LogP contribution in [0.4, 0.5) is 10.3 Å². The Morgan fingerprint density at radius 2 is 2.21 bits per heavy atom. The molecule has 1 aromatic heterocycles. The molecule has 2 N–H and O–H groups in total. The Morgan fingerprint density at radius 1 is 1.43 bits per heavy atom. The zero-order valence-electron chi connectivity index (χ0n) is 7.49. The van der Waals surface area contributed by atoms with E-state index in [-0.39, 0.29) is 11.8 Å². The van der Waals surface area contributed by atoms with E-state index in [0.29, 0.717) is 10.6 Å². The van der Waals surface area contributed by atoms with Gasteiger partial charge in [0.05, 0.1) is 0 Å². The molecule has 0 aliphatic carbocycles. The van der Waals surface area contributed by atoms with Crippen LogP contribution in [0, 0.1) is 12.7 Å². The first-order chi connectivity index (χ1) is 6.66. The number of anilines is 1. The number of aromatic nitrogens is 2. The van der Waals surface area contributed by atoms with Crippen molar-refractivity contribution in [2.75, 3.05) is 5.73 Å². The molecule has 0 spiro atoms. The Kier molecular flexibility index (Phi) is 2.17. The maximum atomic E-state index is 13.4. The van der Waals surface area contributed by atoms with Gasteiger partial charge in [-0.25, -0.2) is 4.39 Å². The summed E-state index contributed by atoms with van der Waals surface area (Å²) in [7, 11) is 0. The second-order valence-corrected chi connectivity index (χ2v) is 3.69. The maximum absolute atomic E-state index is 13.4. The number of hydrogen-bond donors (Lipinski definition) is 1. The number of rotatable bonds is 1. The number of nitrogens with two attached hydrogens (primary N) is 1. The highest BCUT2D eigenvalue weighted by molar-refractivity contribution is 7.09. The molecular weight excluding hydrogens is 201 g/mol. The highest BCUT2D eigenvalue weighted by Gasteiger charge is 2.09. The van der Waals surface area contributed by atoms with Gasteiger partial charge in [0.15, 0.2) is 0 Å². The molecule has 2 rings (SSSR count). The summed E-state index contributed by atoms with van der Waals surface area (Å²) in [5.41, 5.74) is 6.81. The Hall–Kier alpha value is -1.49. The summed E-state index contributed by atoms with van der Waals surface area (Å²) in [6, 6.07) is 4.86. The van der Waals surface area contributed by atoms with E-state index in [2.05, 4.69) is 9.36 Å². The molecule has 1 heterocycles. The number of halogens is 1. The van der Waals surface area contributed by atoms with Gasteiger partial charge in [-0.15, -0.1) is 0 Å². The van der Waals surface area contributed by atoms with Crippen molar-refractivity contribution in [3.05, 3.63) is 29.6 Å². The van der Waals surface area contributed by atoms with E-state index >= 15 is 0 Å². The quantitative estimate of drug-likeness (QED) is 0.783. The second kappa shape index (κ2) is 3.34. The molecule has 5 heteroatoms. The first kappa shape index (κ1) is 9.08. The van der Waals surface area contributed by atoms with E-state index in [1.165, 1.54) is 6.07 Å². The van der Waals surface area contributed by atoms with Crippen molar-refractivity contribution in [1.29, 1.82) is 0 Å². The lowest BCUT2D eigenvalue weighted by Gasteiger charge is -1.99. The Balaban J connectivity index is 2.55. The topological polar surface area (TPSA) is 51.8 Å². The van der Waals surface area contributed by atoms with Gasteiger partial charge in [-0.05, 0) is 30.6 Å². The summed E-state index contributed by atoms with van der Waals surface area (Å²) < 4.78 is 17.2. The van der Waals surface area contributed by atoms with E-state index in [1.54, 1.807) is 12.1 Å². The van der Waals surface area contributed by atoms with Crippen LogP contribution < -0.4 is 5.73 Å². The molecule has 0 aliphatic heterocycles. The van der Waals surface area contributed by atoms with Gasteiger partial charge in [-0.2, -0.15) is 9.36 Å². The molecule has 0 bridgehead atoms. The summed E-state index contributed by atoms with van der Waals surface area (Å²) in [5.74, 6) is -0.113. The molecule has 0 saturated heterocycles. The third kappa shape index (κ3) is 1.58. The van der Waals surface area contributed by atoms with Gasteiger partial charge in [0.25, 0.3) is 0 Å². The minimum atomic E-state index is -0.299. The van der Waals surface area contributed by atoms with Gasteiger partial charge >= 0.3 is 0 Å². The van der Waals surface area contributed by atoms with Crippen LogP contribution in [0.5, 0.6) is 0 Å². The van der Waals surface area contributed by atoms with Crippen molar-refractivity contribution in [2.24, 2.45) is 0 Å². The average molecular weight is 209 g/mol. The van der Waals surface area contributed by atoms with Crippen LogP contribution >= 0.6 is 11.5 Å². The van der Waals surface area contributed by atoms with Crippen molar-refractivity contribution in [3.8, 4) is 10.6 Å². The lowest BCUT2D eigenvalue weighted by atomic mass is 10.1. The van der Waals surface area contributed by atoms with Crippen LogP contribution in [0.25, 0.3) is 10.6 Å². The Bertz CT molecular complexity index is 467. The summed E-state index contributed by atoms with van der Waals surface area (Å²) in [6.07, 6.45) is 0.